The fourth-order valence-corrected chi connectivity index (χ4v) is 8.79. The van der Waals surface area contributed by atoms with Crippen molar-refractivity contribution in [2.24, 2.45) is 0 Å². The molecule has 0 radical (unpaired) electrons. The molecule has 1 aromatic heterocycles. The van der Waals surface area contributed by atoms with Crippen molar-refractivity contribution < 1.29 is 9.90 Å². The van der Waals surface area contributed by atoms with E-state index in [9.17, 15) is 14.7 Å². The molecule has 44 heavy (non-hydrogen) atoms. The molecule has 3 aliphatic rings. The minimum absolute atomic E-state index is 0.0219. The van der Waals surface area contributed by atoms with Crippen LogP contribution in [0.3, 0.4) is 0 Å². The number of carbonyl (C=O) groups is 1. The van der Waals surface area contributed by atoms with Gasteiger partial charge in [-0.25, -0.2) is 9.59 Å². The van der Waals surface area contributed by atoms with Crippen LogP contribution in [0.25, 0.3) is 11.0 Å². The third kappa shape index (κ3) is 6.90. The van der Waals surface area contributed by atoms with E-state index in [2.05, 4.69) is 46.6 Å². The summed E-state index contributed by atoms with van der Waals surface area (Å²) in [6, 6.07) is 12.5. The first-order valence-electron chi connectivity index (χ1n) is 16.1. The number of H-pyrrole nitrogens is 1. The van der Waals surface area contributed by atoms with E-state index < -0.39 is 0 Å². The standard InChI is InChI=1S/C33H44Br2N6O3/c1-37(33(44)40-17-11-25(12-18-40)41-30-8-4-3-7-29(30)36-32(41)43)26(19-23-20-27(34)31(42)28(35)21-23)22-38-15-9-24(10-16-38)39-13-5-2-6-14-39/h3-4,7-8,20-21,24-26,42H,2,5-6,9-19,22H2,1H3,(H,36,43). The SMILES string of the molecule is CN(C(=O)N1CCC(n2c(=O)[nH]c3ccccc32)CC1)C(Cc1cc(Br)c(O)c(Br)c1)CN1CCC(N2CCCCC2)CC1. The summed E-state index contributed by atoms with van der Waals surface area (Å²) in [7, 11) is 1.94. The second-order valence-electron chi connectivity index (χ2n) is 12.8. The molecule has 0 aliphatic carbocycles. The number of nitrogens with zero attached hydrogens (tertiary/aromatic N) is 5. The average molecular weight is 733 g/mol. The Kier molecular flexibility index (Phi) is 10.0. The summed E-state index contributed by atoms with van der Waals surface area (Å²) in [5.74, 6) is 0.187. The van der Waals surface area contributed by atoms with Gasteiger partial charge in [0.05, 0.1) is 20.0 Å². The monoisotopic (exact) mass is 730 g/mol. The number of nitrogens with one attached hydrogen (secondary N) is 1. The predicted octanol–water partition coefficient (Wildman–Crippen LogP) is 5.81. The lowest BCUT2D eigenvalue weighted by Gasteiger charge is -2.43. The molecule has 238 valence electrons. The molecular weight excluding hydrogens is 688 g/mol. The molecule has 3 aliphatic heterocycles. The highest BCUT2D eigenvalue weighted by molar-refractivity contribution is 9.11. The molecule has 9 nitrogen and oxygen atoms in total. The number of imidazole rings is 1. The van der Waals surface area contributed by atoms with Crippen molar-refractivity contribution in [3.63, 3.8) is 0 Å². The van der Waals surface area contributed by atoms with Gasteiger partial charge in [0.15, 0.2) is 0 Å². The van der Waals surface area contributed by atoms with Crippen LogP contribution in [0.1, 0.15) is 56.6 Å². The molecular formula is C33H44Br2N6O3. The fourth-order valence-electron chi connectivity index (χ4n) is 7.51. The topological polar surface area (TPSA) is 88.0 Å². The first kappa shape index (κ1) is 31.6. The van der Waals surface area contributed by atoms with Crippen LogP contribution in [-0.4, -0.2) is 105 Å². The van der Waals surface area contributed by atoms with Gasteiger partial charge >= 0.3 is 11.7 Å². The summed E-state index contributed by atoms with van der Waals surface area (Å²) < 4.78 is 3.16. The Hall–Kier alpha value is -2.34. The first-order chi connectivity index (χ1) is 21.3. The van der Waals surface area contributed by atoms with Gasteiger partial charge in [-0.2, -0.15) is 0 Å². The number of halogens is 2. The maximum Gasteiger partial charge on any atom is 0.326 e. The smallest absolute Gasteiger partial charge is 0.326 e. The maximum atomic E-state index is 14.0. The minimum Gasteiger partial charge on any atom is -0.506 e. The minimum atomic E-state index is -0.0802. The van der Waals surface area contributed by atoms with Gasteiger partial charge in [-0.1, -0.05) is 18.6 Å². The third-order valence-electron chi connectivity index (χ3n) is 10.1. The quantitative estimate of drug-likeness (QED) is 0.321. The van der Waals surface area contributed by atoms with Crippen LogP contribution in [-0.2, 0) is 6.42 Å². The lowest BCUT2D eigenvalue weighted by atomic mass is 9.98. The zero-order valence-corrected chi connectivity index (χ0v) is 28.7. The van der Waals surface area contributed by atoms with Crippen molar-refractivity contribution in [2.75, 3.05) is 52.9 Å². The molecule has 1 atom stereocenters. The fraction of sp³-hybridized carbons (Fsp3) is 0.576. The van der Waals surface area contributed by atoms with Crippen molar-refractivity contribution in [3.8, 4) is 5.75 Å². The van der Waals surface area contributed by atoms with Gasteiger partial charge in [-0.05, 0) is 133 Å². The number of para-hydroxylation sites is 2. The number of phenolic OH excluding ortho intramolecular Hbond substituents is 1. The number of urea groups is 1. The Morgan fingerprint density at radius 3 is 2.27 bits per heavy atom. The number of hydrogen-bond donors (Lipinski definition) is 2. The molecule has 1 unspecified atom stereocenters. The van der Waals surface area contributed by atoms with Crippen molar-refractivity contribution in [1.82, 2.24) is 29.2 Å². The van der Waals surface area contributed by atoms with Crippen LogP contribution in [0.5, 0.6) is 5.75 Å². The van der Waals surface area contributed by atoms with Crippen LogP contribution < -0.4 is 5.69 Å². The van der Waals surface area contributed by atoms with Crippen LogP contribution in [0.15, 0.2) is 50.1 Å². The van der Waals surface area contributed by atoms with Gasteiger partial charge < -0.3 is 29.7 Å². The van der Waals surface area contributed by atoms with Gasteiger partial charge in [0.1, 0.15) is 5.75 Å². The normalized spacial score (nSPS) is 20.3. The van der Waals surface area contributed by atoms with Crippen molar-refractivity contribution >= 4 is 48.9 Å². The van der Waals surface area contributed by atoms with Gasteiger partial charge in [0.2, 0.25) is 0 Å². The average Bonchev–Trinajstić information content (AvgIpc) is 3.39. The van der Waals surface area contributed by atoms with Gasteiger partial charge in [-0.15, -0.1) is 0 Å². The molecule has 0 bridgehead atoms. The summed E-state index contributed by atoms with van der Waals surface area (Å²) in [4.78, 5) is 38.9. The number of hydrogen-bond acceptors (Lipinski definition) is 5. The highest BCUT2D eigenvalue weighted by Gasteiger charge is 2.33. The van der Waals surface area contributed by atoms with E-state index in [0.717, 1.165) is 49.1 Å². The summed E-state index contributed by atoms with van der Waals surface area (Å²) >= 11 is 6.98. The number of aromatic nitrogens is 2. The van der Waals surface area contributed by atoms with Crippen LogP contribution in [0.4, 0.5) is 4.79 Å². The molecule has 6 rings (SSSR count). The highest BCUT2D eigenvalue weighted by atomic mass is 79.9. The number of fused-ring (bicyclic) bond motifs is 1. The van der Waals surface area contributed by atoms with Gasteiger partial charge in [-0.3, -0.25) is 4.57 Å². The molecule has 4 heterocycles. The van der Waals surface area contributed by atoms with Crippen LogP contribution in [0.2, 0.25) is 0 Å². The lowest BCUT2D eigenvalue weighted by molar-refractivity contribution is 0.0742. The molecule has 2 aromatic carbocycles. The molecule has 3 aromatic rings. The zero-order valence-electron chi connectivity index (χ0n) is 25.6. The first-order valence-corrected chi connectivity index (χ1v) is 17.7. The van der Waals surface area contributed by atoms with Crippen molar-refractivity contribution in [3.05, 3.63) is 61.4 Å². The number of aromatic hydroxyl groups is 1. The Balaban J connectivity index is 1.13. The van der Waals surface area contributed by atoms with E-state index >= 15 is 0 Å². The maximum absolute atomic E-state index is 14.0. The van der Waals surface area contributed by atoms with Crippen molar-refractivity contribution in [2.45, 2.75) is 69.5 Å². The van der Waals surface area contributed by atoms with E-state index in [-0.39, 0.29) is 29.6 Å². The highest BCUT2D eigenvalue weighted by Crippen LogP contribution is 2.34. The van der Waals surface area contributed by atoms with Crippen LogP contribution in [0, 0.1) is 0 Å². The number of phenols is 1. The molecule has 2 amide bonds. The van der Waals surface area contributed by atoms with Crippen molar-refractivity contribution in [1.29, 1.82) is 0 Å². The Morgan fingerprint density at radius 1 is 0.955 bits per heavy atom. The van der Waals surface area contributed by atoms with Gasteiger partial charge in [0, 0.05) is 44.8 Å². The largest absolute Gasteiger partial charge is 0.506 e. The Morgan fingerprint density at radius 2 is 1.59 bits per heavy atom. The zero-order chi connectivity index (χ0) is 30.8. The molecule has 0 saturated carbocycles. The summed E-state index contributed by atoms with van der Waals surface area (Å²) in [5.41, 5.74) is 2.76. The van der Waals surface area contributed by atoms with E-state index in [1.165, 1.54) is 45.2 Å². The second kappa shape index (κ2) is 14.0. The number of likely N-dealkylation sites (N-methyl/N-ethyl adjacent to an activating group) is 1. The predicted molar refractivity (Wildman–Crippen MR) is 181 cm³/mol. The molecule has 0 spiro atoms. The Labute approximate surface area is 276 Å². The summed E-state index contributed by atoms with van der Waals surface area (Å²) in [6.07, 6.45) is 8.54. The molecule has 3 saturated heterocycles. The van der Waals surface area contributed by atoms with E-state index in [0.29, 0.717) is 34.5 Å². The number of rotatable bonds is 7. The number of aromatic amines is 1. The summed E-state index contributed by atoms with van der Waals surface area (Å²) in [6.45, 7) is 6.61. The lowest BCUT2D eigenvalue weighted by Crippen LogP contribution is -2.54. The van der Waals surface area contributed by atoms with E-state index in [1.807, 2.05) is 57.8 Å². The number of benzene rings is 2. The number of likely N-dealkylation sites (tertiary alicyclic amines) is 3. The molecule has 11 heteroatoms. The number of carbonyl (C=O) groups excluding carboxylic acids is 1. The Bertz CT molecular complexity index is 1480. The number of piperidine rings is 3. The van der Waals surface area contributed by atoms with Crippen LogP contribution >= 0.6 is 31.9 Å². The van der Waals surface area contributed by atoms with E-state index in [4.69, 9.17) is 0 Å². The van der Waals surface area contributed by atoms with Gasteiger partial charge in [0.25, 0.3) is 0 Å². The number of amides is 2. The van der Waals surface area contributed by atoms with E-state index in [1.54, 1.807) is 0 Å². The summed E-state index contributed by atoms with van der Waals surface area (Å²) in [5, 5.41) is 10.3. The molecule has 3 fully saturated rings. The molecule has 2 N–H and O–H groups in total. The third-order valence-corrected chi connectivity index (χ3v) is 11.3. The second-order valence-corrected chi connectivity index (χ2v) is 14.5.